The zero-order valence-electron chi connectivity index (χ0n) is 16.9. The summed E-state index contributed by atoms with van der Waals surface area (Å²) in [5, 5.41) is 7.77. The van der Waals surface area contributed by atoms with Gasteiger partial charge in [-0.25, -0.2) is 27.1 Å². The van der Waals surface area contributed by atoms with Crippen LogP contribution in [0.5, 0.6) is 0 Å². The average Bonchev–Trinajstić information content (AvgIpc) is 3.30. The van der Waals surface area contributed by atoms with Crippen molar-refractivity contribution in [3.8, 4) is 11.1 Å². The van der Waals surface area contributed by atoms with Gasteiger partial charge in [-0.05, 0) is 23.9 Å². The summed E-state index contributed by atoms with van der Waals surface area (Å²) in [6, 6.07) is 3.29. The minimum atomic E-state index is -2.61. The molecular weight excluding hydrogens is 426 g/mol. The number of halogens is 4. The van der Waals surface area contributed by atoms with Crippen molar-refractivity contribution in [1.82, 2.24) is 24.6 Å². The van der Waals surface area contributed by atoms with E-state index in [1.807, 2.05) is 6.07 Å². The topological polar surface area (TPSA) is 96.9 Å². The maximum absolute atomic E-state index is 13.0. The second-order valence-electron chi connectivity index (χ2n) is 7.51. The van der Waals surface area contributed by atoms with Gasteiger partial charge in [0.05, 0.1) is 11.7 Å². The fourth-order valence-corrected chi connectivity index (χ4v) is 3.68. The number of hydrogen-bond donors (Lipinski definition) is 3. The van der Waals surface area contributed by atoms with Crippen LogP contribution in [0.1, 0.15) is 18.4 Å². The maximum atomic E-state index is 13.0. The number of hydrogen-bond acceptors (Lipinski definition) is 5. The molecule has 0 saturated heterocycles. The van der Waals surface area contributed by atoms with E-state index in [4.69, 9.17) is 0 Å². The number of alkyl halides is 4. The number of aromatic amines is 1. The number of rotatable bonds is 5. The van der Waals surface area contributed by atoms with E-state index in [0.717, 1.165) is 16.5 Å². The molecule has 0 aliphatic heterocycles. The number of aromatic nitrogens is 5. The number of nitrogens with zero attached hydrogens (tertiary/aromatic N) is 4. The first-order valence-electron chi connectivity index (χ1n) is 9.85. The van der Waals surface area contributed by atoms with Gasteiger partial charge >= 0.3 is 0 Å². The third-order valence-electron chi connectivity index (χ3n) is 5.14. The molecule has 1 aliphatic rings. The average molecular weight is 447 g/mol. The van der Waals surface area contributed by atoms with E-state index in [9.17, 15) is 17.6 Å². The minimum Gasteiger partial charge on any atom is -0.405 e. The van der Waals surface area contributed by atoms with Gasteiger partial charge in [0.2, 0.25) is 12.4 Å². The van der Waals surface area contributed by atoms with Crippen molar-refractivity contribution < 1.29 is 17.6 Å². The first-order valence-corrected chi connectivity index (χ1v) is 9.85. The normalized spacial score (nSPS) is 15.4. The van der Waals surface area contributed by atoms with Gasteiger partial charge < -0.3 is 16.0 Å². The molecule has 0 radical (unpaired) electrons. The van der Waals surface area contributed by atoms with Crippen LogP contribution in [0, 0.1) is 0 Å². The molecule has 0 atom stereocenters. The summed E-state index contributed by atoms with van der Waals surface area (Å²) in [4.78, 5) is 11.7. The molecule has 4 aromatic heterocycles. The molecule has 168 valence electrons. The number of pyridine rings is 1. The highest BCUT2D eigenvalue weighted by molar-refractivity contribution is 5.94. The van der Waals surface area contributed by atoms with Gasteiger partial charge in [0, 0.05) is 60.4 Å². The summed E-state index contributed by atoms with van der Waals surface area (Å²) in [5.74, 6) is -2.33. The van der Waals surface area contributed by atoms with Crippen molar-refractivity contribution in [2.45, 2.75) is 37.7 Å². The van der Waals surface area contributed by atoms with Crippen LogP contribution < -0.4 is 11.1 Å². The Bertz CT molecular complexity index is 1240. The molecule has 0 unspecified atom stereocenters. The molecule has 0 amide bonds. The Kier molecular flexibility index (Phi) is 5.72. The van der Waals surface area contributed by atoms with Gasteiger partial charge in [0.1, 0.15) is 5.65 Å². The van der Waals surface area contributed by atoms with Crippen LogP contribution in [-0.2, 0) is 6.42 Å². The monoisotopic (exact) mass is 447 g/mol. The van der Waals surface area contributed by atoms with Crippen molar-refractivity contribution in [2.24, 2.45) is 5.73 Å². The van der Waals surface area contributed by atoms with E-state index in [1.165, 1.54) is 12.4 Å². The second-order valence-corrected chi connectivity index (χ2v) is 7.51. The SMILES string of the molecule is C=CN.FC(F)Cc1cnn2ccc(-c3c[nH]c4nc(NC5CC(F)(F)C5)ncc34)cc12. The summed E-state index contributed by atoms with van der Waals surface area (Å²) in [5.41, 5.74) is 7.88. The third kappa shape index (κ3) is 4.36. The Morgan fingerprint density at radius 3 is 2.78 bits per heavy atom. The number of nitrogens with one attached hydrogen (secondary N) is 2. The van der Waals surface area contributed by atoms with Crippen LogP contribution in [0.15, 0.2) is 49.7 Å². The van der Waals surface area contributed by atoms with Gasteiger partial charge in [-0.1, -0.05) is 6.58 Å². The molecule has 4 aromatic rings. The Morgan fingerprint density at radius 1 is 1.34 bits per heavy atom. The molecule has 0 spiro atoms. The summed E-state index contributed by atoms with van der Waals surface area (Å²) >= 11 is 0. The zero-order valence-corrected chi connectivity index (χ0v) is 16.9. The lowest BCUT2D eigenvalue weighted by Gasteiger charge is -2.35. The van der Waals surface area contributed by atoms with E-state index in [-0.39, 0.29) is 31.3 Å². The van der Waals surface area contributed by atoms with Crippen LogP contribution >= 0.6 is 0 Å². The van der Waals surface area contributed by atoms with Gasteiger partial charge in [-0.2, -0.15) is 10.1 Å². The van der Waals surface area contributed by atoms with Crippen LogP contribution in [0.25, 0.3) is 27.7 Å². The van der Waals surface area contributed by atoms with E-state index in [1.54, 1.807) is 29.2 Å². The first-order chi connectivity index (χ1) is 15.3. The number of nitrogens with two attached hydrogens (primary N) is 1. The maximum Gasteiger partial charge on any atom is 0.252 e. The zero-order chi connectivity index (χ0) is 22.9. The molecule has 5 rings (SSSR count). The fourth-order valence-electron chi connectivity index (χ4n) is 3.68. The predicted octanol–water partition coefficient (Wildman–Crippen LogP) is 4.38. The highest BCUT2D eigenvalue weighted by Crippen LogP contribution is 2.39. The molecule has 1 aliphatic carbocycles. The van der Waals surface area contributed by atoms with Crippen molar-refractivity contribution >= 4 is 22.5 Å². The van der Waals surface area contributed by atoms with E-state index in [2.05, 4.69) is 37.7 Å². The summed E-state index contributed by atoms with van der Waals surface area (Å²) in [6.07, 6.45) is 4.53. The Morgan fingerprint density at radius 2 is 2.09 bits per heavy atom. The second kappa shape index (κ2) is 8.48. The van der Waals surface area contributed by atoms with E-state index >= 15 is 0 Å². The van der Waals surface area contributed by atoms with Gasteiger partial charge in [-0.15, -0.1) is 0 Å². The summed E-state index contributed by atoms with van der Waals surface area (Å²) in [7, 11) is 0. The highest BCUT2D eigenvalue weighted by atomic mass is 19.3. The minimum absolute atomic E-state index is 0.226. The van der Waals surface area contributed by atoms with Crippen LogP contribution in [0.3, 0.4) is 0 Å². The molecule has 4 N–H and O–H groups in total. The Balaban J connectivity index is 0.000000775. The molecule has 7 nitrogen and oxygen atoms in total. The molecular formula is C21H21F4N7. The van der Waals surface area contributed by atoms with Crippen LogP contribution in [0.2, 0.25) is 0 Å². The van der Waals surface area contributed by atoms with Crippen LogP contribution in [-0.4, -0.2) is 43.0 Å². The lowest BCUT2D eigenvalue weighted by atomic mass is 9.88. The Hall–Kier alpha value is -3.63. The number of fused-ring (bicyclic) bond motifs is 2. The van der Waals surface area contributed by atoms with Crippen molar-refractivity contribution in [1.29, 1.82) is 0 Å². The fraction of sp³-hybridized carbons (Fsp3) is 0.286. The van der Waals surface area contributed by atoms with Gasteiger partial charge in [0.25, 0.3) is 5.92 Å². The number of anilines is 1. The molecule has 4 heterocycles. The molecule has 32 heavy (non-hydrogen) atoms. The molecule has 11 heteroatoms. The van der Waals surface area contributed by atoms with Crippen molar-refractivity contribution in [3.63, 3.8) is 0 Å². The van der Waals surface area contributed by atoms with E-state index in [0.29, 0.717) is 16.7 Å². The van der Waals surface area contributed by atoms with Crippen LogP contribution in [0.4, 0.5) is 23.5 Å². The summed E-state index contributed by atoms with van der Waals surface area (Å²) < 4.78 is 53.1. The van der Waals surface area contributed by atoms with Gasteiger partial charge in [-0.3, -0.25) is 0 Å². The highest BCUT2D eigenvalue weighted by Gasteiger charge is 2.45. The quantitative estimate of drug-likeness (QED) is 0.395. The number of H-pyrrole nitrogens is 1. The van der Waals surface area contributed by atoms with Crippen molar-refractivity contribution in [3.05, 3.63) is 55.3 Å². The largest absolute Gasteiger partial charge is 0.405 e. The lowest BCUT2D eigenvalue weighted by molar-refractivity contribution is -0.0794. The van der Waals surface area contributed by atoms with E-state index < -0.39 is 12.3 Å². The molecule has 1 fully saturated rings. The first kappa shape index (κ1) is 21.6. The smallest absolute Gasteiger partial charge is 0.252 e. The molecule has 0 aromatic carbocycles. The third-order valence-corrected chi connectivity index (χ3v) is 5.14. The predicted molar refractivity (Wildman–Crippen MR) is 114 cm³/mol. The lowest BCUT2D eigenvalue weighted by Crippen LogP contribution is -2.44. The summed E-state index contributed by atoms with van der Waals surface area (Å²) in [6.45, 7) is 3.14. The molecule has 1 saturated carbocycles. The standard InChI is InChI=1S/C19H16F4N6.C2H5N/c20-16(21)4-11-7-26-29-2-1-10(3-15(11)29)13-8-24-17-14(13)9-25-18(28-17)27-12-5-19(22,23)6-12;1-2-3/h1-3,7-9,12,16H,4-6H2,(H2,24,25,27,28);2H,1,3H2. The van der Waals surface area contributed by atoms with Gasteiger partial charge in [0.15, 0.2) is 0 Å². The molecule has 0 bridgehead atoms. The Labute approximate surface area is 180 Å². The van der Waals surface area contributed by atoms with Crippen molar-refractivity contribution in [2.75, 3.05) is 5.32 Å².